The molecule has 10 heteroatoms. The van der Waals surface area contributed by atoms with Gasteiger partial charge in [0, 0.05) is 36.8 Å². The normalized spacial score (nSPS) is 13.7. The fourth-order valence-corrected chi connectivity index (χ4v) is 3.61. The maximum atomic E-state index is 13.7. The van der Waals surface area contributed by atoms with Crippen LogP contribution in [0, 0.1) is 5.82 Å². The van der Waals surface area contributed by atoms with E-state index in [9.17, 15) is 19.4 Å². The van der Waals surface area contributed by atoms with Crippen molar-refractivity contribution in [2.24, 2.45) is 0 Å². The van der Waals surface area contributed by atoms with Crippen LogP contribution in [-0.2, 0) is 10.2 Å². The van der Waals surface area contributed by atoms with Gasteiger partial charge in [-0.05, 0) is 36.4 Å². The molecule has 0 spiro atoms. The molecule has 0 radical (unpaired) electrons. The average Bonchev–Trinajstić information content (AvgIpc) is 3.17. The SMILES string of the molecule is CNc1nccc(-c2nc(C(C)(C)C)n(C=CC(O)CC(O)CC(=O)O)c2-c2ccc(F)cc2)n1. The second kappa shape index (κ2) is 10.7. The number of aliphatic carboxylic acids is 1. The number of aromatic nitrogens is 4. The van der Waals surface area contributed by atoms with Crippen LogP contribution >= 0.6 is 0 Å². The number of aliphatic hydroxyl groups excluding tert-OH is 2. The number of benzene rings is 1. The molecule has 2 atom stereocenters. The Hall–Kier alpha value is -3.63. The minimum absolute atomic E-state index is 0.140. The third-order valence-electron chi connectivity index (χ3n) is 5.20. The number of nitrogens with one attached hydrogen (secondary N) is 1. The number of anilines is 1. The van der Waals surface area contributed by atoms with Crippen molar-refractivity contribution in [2.75, 3.05) is 12.4 Å². The third kappa shape index (κ3) is 6.49. The van der Waals surface area contributed by atoms with Crippen LogP contribution < -0.4 is 5.32 Å². The molecule has 3 rings (SSSR count). The van der Waals surface area contributed by atoms with Crippen LogP contribution in [0.5, 0.6) is 0 Å². The summed E-state index contributed by atoms with van der Waals surface area (Å²) in [6.07, 6.45) is 1.83. The van der Waals surface area contributed by atoms with Crippen molar-refractivity contribution in [1.82, 2.24) is 19.5 Å². The van der Waals surface area contributed by atoms with Gasteiger partial charge in [0.25, 0.3) is 0 Å². The topological polar surface area (TPSA) is 133 Å². The molecule has 2 heterocycles. The molecule has 0 aliphatic rings. The van der Waals surface area contributed by atoms with Crippen LogP contribution in [-0.4, -0.2) is 60.1 Å². The van der Waals surface area contributed by atoms with E-state index in [0.29, 0.717) is 34.4 Å². The molecule has 1 aromatic carbocycles. The molecule has 0 aliphatic carbocycles. The van der Waals surface area contributed by atoms with Crippen LogP contribution in [0.4, 0.5) is 10.3 Å². The maximum absolute atomic E-state index is 13.7. The lowest BCUT2D eigenvalue weighted by atomic mass is 9.95. The lowest BCUT2D eigenvalue weighted by Gasteiger charge is -2.19. The molecular weight excluding hydrogens is 453 g/mol. The van der Waals surface area contributed by atoms with Crippen molar-refractivity contribution in [1.29, 1.82) is 0 Å². The van der Waals surface area contributed by atoms with Gasteiger partial charge in [-0.3, -0.25) is 4.79 Å². The number of carboxylic acid groups (broad SMARTS) is 1. The molecule has 0 aliphatic heterocycles. The molecule has 3 aromatic rings. The molecule has 9 nitrogen and oxygen atoms in total. The van der Waals surface area contributed by atoms with E-state index in [1.165, 1.54) is 18.2 Å². The third-order valence-corrected chi connectivity index (χ3v) is 5.20. The van der Waals surface area contributed by atoms with Crippen molar-refractivity contribution >= 4 is 18.1 Å². The van der Waals surface area contributed by atoms with Gasteiger partial charge in [0.2, 0.25) is 5.95 Å². The number of carboxylic acids is 1. The molecule has 2 unspecified atom stereocenters. The van der Waals surface area contributed by atoms with Crippen molar-refractivity contribution in [3.8, 4) is 22.6 Å². The number of carbonyl (C=O) groups is 1. The molecule has 0 saturated carbocycles. The highest BCUT2D eigenvalue weighted by molar-refractivity contribution is 5.79. The molecule has 186 valence electrons. The van der Waals surface area contributed by atoms with E-state index < -0.39 is 30.0 Å². The number of aliphatic hydroxyl groups is 2. The summed E-state index contributed by atoms with van der Waals surface area (Å²) in [6.45, 7) is 5.97. The van der Waals surface area contributed by atoms with Crippen molar-refractivity contribution in [3.05, 3.63) is 54.2 Å². The Kier molecular flexibility index (Phi) is 7.98. The second-order valence-electron chi connectivity index (χ2n) is 9.17. The Morgan fingerprint density at radius 2 is 1.86 bits per heavy atom. The first kappa shape index (κ1) is 26.0. The van der Waals surface area contributed by atoms with Gasteiger partial charge in [-0.1, -0.05) is 20.8 Å². The first-order valence-electron chi connectivity index (χ1n) is 11.2. The quantitative estimate of drug-likeness (QED) is 0.363. The summed E-state index contributed by atoms with van der Waals surface area (Å²) >= 11 is 0. The highest BCUT2D eigenvalue weighted by atomic mass is 19.1. The zero-order valence-electron chi connectivity index (χ0n) is 20.1. The first-order valence-corrected chi connectivity index (χ1v) is 11.2. The molecular formula is C25H30FN5O4. The highest BCUT2D eigenvalue weighted by Crippen LogP contribution is 2.36. The summed E-state index contributed by atoms with van der Waals surface area (Å²) in [4.78, 5) is 24.4. The molecule has 0 amide bonds. The largest absolute Gasteiger partial charge is 0.481 e. The fraction of sp³-hybridized carbons (Fsp3) is 0.360. The summed E-state index contributed by atoms with van der Waals surface area (Å²) in [6, 6.07) is 7.72. The Bertz CT molecular complexity index is 1200. The van der Waals surface area contributed by atoms with Gasteiger partial charge in [0.15, 0.2) is 0 Å². The molecule has 0 fully saturated rings. The standard InChI is InChI=1S/C25H30FN5O4/c1-25(2,3)23-30-21(19-9-11-28-24(27-4)29-19)22(15-5-7-16(26)8-6-15)31(23)12-10-17(32)13-18(33)14-20(34)35/h5-12,17-18,32-33H,13-14H2,1-4H3,(H,34,35)(H,27,28,29). The summed E-state index contributed by atoms with van der Waals surface area (Å²) in [7, 11) is 1.71. The number of nitrogens with zero attached hydrogens (tertiary/aromatic N) is 4. The highest BCUT2D eigenvalue weighted by Gasteiger charge is 2.27. The second-order valence-corrected chi connectivity index (χ2v) is 9.17. The van der Waals surface area contributed by atoms with Crippen molar-refractivity contribution in [3.63, 3.8) is 0 Å². The minimum Gasteiger partial charge on any atom is -0.481 e. The number of hydrogen-bond acceptors (Lipinski definition) is 7. The number of rotatable bonds is 9. The monoisotopic (exact) mass is 483 g/mol. The zero-order chi connectivity index (χ0) is 25.8. The molecule has 35 heavy (non-hydrogen) atoms. The lowest BCUT2D eigenvalue weighted by molar-refractivity contribution is -0.139. The van der Waals surface area contributed by atoms with Crippen LogP contribution in [0.3, 0.4) is 0 Å². The van der Waals surface area contributed by atoms with E-state index in [-0.39, 0.29) is 12.2 Å². The van der Waals surface area contributed by atoms with Crippen LogP contribution in [0.2, 0.25) is 0 Å². The molecule has 2 aromatic heterocycles. The van der Waals surface area contributed by atoms with Gasteiger partial charge in [-0.2, -0.15) is 0 Å². The minimum atomic E-state index is -1.19. The predicted molar refractivity (Wildman–Crippen MR) is 131 cm³/mol. The maximum Gasteiger partial charge on any atom is 0.305 e. The molecule has 0 bridgehead atoms. The van der Waals surface area contributed by atoms with Crippen LogP contribution in [0.15, 0.2) is 42.6 Å². The first-order chi connectivity index (χ1) is 16.5. The number of halogens is 1. The zero-order valence-corrected chi connectivity index (χ0v) is 20.1. The number of hydrogen-bond donors (Lipinski definition) is 4. The summed E-state index contributed by atoms with van der Waals surface area (Å²) < 4.78 is 15.5. The number of imidazole rings is 1. The Balaban J connectivity index is 2.17. The lowest BCUT2D eigenvalue weighted by Crippen LogP contribution is -2.20. The van der Waals surface area contributed by atoms with Crippen molar-refractivity contribution < 1.29 is 24.5 Å². The van der Waals surface area contributed by atoms with Gasteiger partial charge in [0.1, 0.15) is 17.3 Å². The van der Waals surface area contributed by atoms with E-state index >= 15 is 0 Å². The Morgan fingerprint density at radius 3 is 2.46 bits per heavy atom. The summed E-state index contributed by atoms with van der Waals surface area (Å²) in [5, 5.41) is 32.1. The van der Waals surface area contributed by atoms with Crippen molar-refractivity contribution in [2.45, 2.75) is 51.2 Å². The predicted octanol–water partition coefficient (Wildman–Crippen LogP) is 3.54. The van der Waals surface area contributed by atoms with E-state index in [2.05, 4.69) is 15.3 Å². The fourth-order valence-electron chi connectivity index (χ4n) is 3.61. The molecule has 0 saturated heterocycles. The smallest absolute Gasteiger partial charge is 0.305 e. The van der Waals surface area contributed by atoms with E-state index in [4.69, 9.17) is 10.1 Å². The van der Waals surface area contributed by atoms with Gasteiger partial charge in [-0.25, -0.2) is 19.3 Å². The van der Waals surface area contributed by atoms with Gasteiger partial charge in [-0.15, -0.1) is 0 Å². The van der Waals surface area contributed by atoms with E-state index in [0.717, 1.165) is 0 Å². The van der Waals surface area contributed by atoms with E-state index in [1.54, 1.807) is 42.2 Å². The van der Waals surface area contributed by atoms with Crippen LogP contribution in [0.1, 0.15) is 39.4 Å². The van der Waals surface area contributed by atoms with Crippen LogP contribution in [0.25, 0.3) is 28.8 Å². The van der Waals surface area contributed by atoms with Gasteiger partial charge in [0.05, 0.1) is 30.0 Å². The summed E-state index contributed by atoms with van der Waals surface area (Å²) in [5.74, 6) is -0.452. The Labute approximate surface area is 203 Å². The van der Waals surface area contributed by atoms with E-state index in [1.807, 2.05) is 20.8 Å². The summed E-state index contributed by atoms with van der Waals surface area (Å²) in [5.41, 5.74) is 1.98. The van der Waals surface area contributed by atoms with Gasteiger partial charge < -0.3 is 25.2 Å². The van der Waals surface area contributed by atoms with Gasteiger partial charge >= 0.3 is 5.97 Å². The Morgan fingerprint density at radius 1 is 1.17 bits per heavy atom. The molecule has 4 N–H and O–H groups in total. The average molecular weight is 484 g/mol.